The van der Waals surface area contributed by atoms with E-state index in [-0.39, 0.29) is 35.3 Å². The third kappa shape index (κ3) is 5.11. The van der Waals surface area contributed by atoms with Gasteiger partial charge >= 0.3 is 0 Å². The van der Waals surface area contributed by atoms with Crippen molar-refractivity contribution in [3.8, 4) is 0 Å². The molecule has 7 heteroatoms. The number of aryl methyl sites for hydroxylation is 1. The average molecular weight is 490 g/mol. The van der Waals surface area contributed by atoms with E-state index in [1.165, 1.54) is 9.87 Å². The van der Waals surface area contributed by atoms with Crippen LogP contribution in [-0.2, 0) is 21.2 Å². The summed E-state index contributed by atoms with van der Waals surface area (Å²) < 4.78 is 28.8. The minimum Gasteiger partial charge on any atom is -0.380 e. The molecule has 5 rings (SSSR count). The Hall–Kier alpha value is -3.16. The van der Waals surface area contributed by atoms with Crippen molar-refractivity contribution in [1.29, 1.82) is 0 Å². The van der Waals surface area contributed by atoms with Crippen molar-refractivity contribution >= 4 is 21.6 Å². The molecule has 2 aliphatic heterocycles. The summed E-state index contributed by atoms with van der Waals surface area (Å²) in [5.41, 5.74) is 3.38. The second-order valence-electron chi connectivity index (χ2n) is 9.37. The Morgan fingerprint density at radius 1 is 0.886 bits per heavy atom. The van der Waals surface area contributed by atoms with E-state index in [0.29, 0.717) is 19.4 Å². The van der Waals surface area contributed by atoms with E-state index in [1.54, 1.807) is 30.3 Å². The molecule has 1 fully saturated rings. The third-order valence-corrected chi connectivity index (χ3v) is 8.99. The molecule has 0 aliphatic carbocycles. The lowest BCUT2D eigenvalue weighted by molar-refractivity contribution is -0.126. The molecule has 0 spiro atoms. The smallest absolute Gasteiger partial charge is 0.243 e. The number of nitrogens with zero attached hydrogens (tertiary/aromatic N) is 1. The molecule has 0 radical (unpaired) electrons. The van der Waals surface area contributed by atoms with Crippen LogP contribution in [-0.4, -0.2) is 37.8 Å². The number of sulfonamides is 1. The zero-order valence-electron chi connectivity index (χ0n) is 19.6. The number of fused-ring (bicyclic) bond motifs is 1. The molecule has 6 nitrogen and oxygen atoms in total. The highest BCUT2D eigenvalue weighted by Gasteiger charge is 2.40. The Balaban J connectivity index is 1.30. The minimum absolute atomic E-state index is 0.0783. The molecule has 1 saturated heterocycles. The van der Waals surface area contributed by atoms with Crippen molar-refractivity contribution in [2.24, 2.45) is 5.92 Å². The number of piperidine rings is 1. The van der Waals surface area contributed by atoms with E-state index in [0.717, 1.165) is 24.1 Å². The van der Waals surface area contributed by atoms with Gasteiger partial charge in [0.15, 0.2) is 0 Å². The fourth-order valence-corrected chi connectivity index (χ4v) is 6.89. The molecule has 3 aromatic rings. The van der Waals surface area contributed by atoms with Gasteiger partial charge in [0.05, 0.1) is 16.9 Å². The quantitative estimate of drug-likeness (QED) is 0.539. The predicted molar refractivity (Wildman–Crippen MR) is 137 cm³/mol. The van der Waals surface area contributed by atoms with Crippen LogP contribution in [0.3, 0.4) is 0 Å². The number of nitrogens with one attached hydrogen (secondary N) is 2. The Bertz CT molecular complexity index is 1260. The van der Waals surface area contributed by atoms with Crippen molar-refractivity contribution in [3.63, 3.8) is 0 Å². The number of hydrogen-bond donors (Lipinski definition) is 2. The van der Waals surface area contributed by atoms with Crippen LogP contribution < -0.4 is 10.6 Å². The number of anilines is 1. The highest BCUT2D eigenvalue weighted by atomic mass is 32.2. The van der Waals surface area contributed by atoms with E-state index in [1.807, 2.05) is 42.5 Å². The molecule has 2 heterocycles. The van der Waals surface area contributed by atoms with Gasteiger partial charge in [-0.15, -0.1) is 0 Å². The van der Waals surface area contributed by atoms with Crippen molar-refractivity contribution in [2.45, 2.75) is 42.7 Å². The van der Waals surface area contributed by atoms with E-state index in [2.05, 4.69) is 22.8 Å². The zero-order chi connectivity index (χ0) is 24.3. The van der Waals surface area contributed by atoms with Gasteiger partial charge in [-0.25, -0.2) is 8.42 Å². The van der Waals surface area contributed by atoms with Crippen LogP contribution in [0.1, 0.15) is 36.4 Å². The molecule has 0 bridgehead atoms. The first-order valence-corrected chi connectivity index (χ1v) is 13.7. The lowest BCUT2D eigenvalue weighted by Crippen LogP contribution is -2.48. The van der Waals surface area contributed by atoms with Gasteiger partial charge in [0.2, 0.25) is 15.9 Å². The highest BCUT2D eigenvalue weighted by molar-refractivity contribution is 7.89. The summed E-state index contributed by atoms with van der Waals surface area (Å²) in [6.45, 7) is 0.695. The largest absolute Gasteiger partial charge is 0.380 e. The van der Waals surface area contributed by atoms with Gasteiger partial charge in [-0.3, -0.25) is 4.79 Å². The lowest BCUT2D eigenvalue weighted by Gasteiger charge is -2.38. The number of benzene rings is 3. The Labute approximate surface area is 207 Å². The SMILES string of the molecule is O=C(NCC1CCc2ccccc2N1)[C@@H]1CC[C@H](c2ccccc2)N(S(=O)(=O)c2ccccc2)C1. The summed E-state index contributed by atoms with van der Waals surface area (Å²) in [6.07, 6.45) is 3.18. The molecular formula is C28H31N3O3S. The molecule has 2 aliphatic rings. The highest BCUT2D eigenvalue weighted by Crippen LogP contribution is 2.37. The van der Waals surface area contributed by atoms with Crippen molar-refractivity contribution in [1.82, 2.24) is 9.62 Å². The first-order valence-electron chi connectivity index (χ1n) is 12.3. The van der Waals surface area contributed by atoms with E-state index >= 15 is 0 Å². The number of para-hydroxylation sites is 1. The van der Waals surface area contributed by atoms with Gasteiger partial charge < -0.3 is 10.6 Å². The normalized spacial score (nSPS) is 22.6. The number of carbonyl (C=O) groups excluding carboxylic acids is 1. The predicted octanol–water partition coefficient (Wildman–Crippen LogP) is 4.37. The van der Waals surface area contributed by atoms with Crippen LogP contribution in [0.2, 0.25) is 0 Å². The van der Waals surface area contributed by atoms with Crippen molar-refractivity contribution in [3.05, 3.63) is 96.1 Å². The summed E-state index contributed by atoms with van der Waals surface area (Å²) in [7, 11) is -3.75. The number of carbonyl (C=O) groups is 1. The van der Waals surface area contributed by atoms with E-state index in [4.69, 9.17) is 0 Å². The van der Waals surface area contributed by atoms with Crippen LogP contribution >= 0.6 is 0 Å². The fourth-order valence-electron chi connectivity index (χ4n) is 5.18. The molecule has 3 aromatic carbocycles. The summed E-state index contributed by atoms with van der Waals surface area (Å²) in [4.78, 5) is 13.4. The molecule has 35 heavy (non-hydrogen) atoms. The van der Waals surface area contributed by atoms with Crippen LogP contribution in [0, 0.1) is 5.92 Å². The Morgan fingerprint density at radius 3 is 2.34 bits per heavy atom. The third-order valence-electron chi connectivity index (χ3n) is 7.10. The van der Waals surface area contributed by atoms with Gasteiger partial charge in [-0.2, -0.15) is 4.31 Å². The maximum absolute atomic E-state index is 13.6. The van der Waals surface area contributed by atoms with E-state index < -0.39 is 10.0 Å². The maximum Gasteiger partial charge on any atom is 0.243 e. The number of rotatable bonds is 6. The van der Waals surface area contributed by atoms with Gasteiger partial charge in [0, 0.05) is 24.8 Å². The molecule has 2 N–H and O–H groups in total. The zero-order valence-corrected chi connectivity index (χ0v) is 20.5. The molecule has 0 aromatic heterocycles. The minimum atomic E-state index is -3.75. The van der Waals surface area contributed by atoms with Crippen LogP contribution in [0.4, 0.5) is 5.69 Å². The van der Waals surface area contributed by atoms with Crippen LogP contribution in [0.15, 0.2) is 89.8 Å². The van der Waals surface area contributed by atoms with Crippen molar-refractivity contribution in [2.75, 3.05) is 18.4 Å². The lowest BCUT2D eigenvalue weighted by atomic mass is 9.90. The molecule has 1 unspecified atom stereocenters. The Morgan fingerprint density at radius 2 is 1.57 bits per heavy atom. The van der Waals surface area contributed by atoms with Gasteiger partial charge in [0.25, 0.3) is 0 Å². The average Bonchev–Trinajstić information content (AvgIpc) is 2.92. The number of amides is 1. The standard InChI is InChI=1S/C28H31N3O3S/c32-28(29-19-24-17-15-21-9-7-8-14-26(21)30-24)23-16-18-27(22-10-3-1-4-11-22)31(20-23)35(33,34)25-12-5-2-6-13-25/h1-14,23-24,27,30H,15-20H2,(H,29,32)/t23-,24?,27-/m1/s1. The monoisotopic (exact) mass is 489 g/mol. The van der Waals surface area contributed by atoms with Gasteiger partial charge in [0.1, 0.15) is 0 Å². The van der Waals surface area contributed by atoms with Crippen LogP contribution in [0.25, 0.3) is 0 Å². The Kier molecular flexibility index (Phi) is 6.88. The second kappa shape index (κ2) is 10.2. The van der Waals surface area contributed by atoms with Crippen LogP contribution in [0.5, 0.6) is 0 Å². The fraction of sp³-hybridized carbons (Fsp3) is 0.321. The molecular weight excluding hydrogens is 458 g/mol. The summed E-state index contributed by atoms with van der Waals surface area (Å²) in [5.74, 6) is -0.463. The summed E-state index contributed by atoms with van der Waals surface area (Å²) >= 11 is 0. The van der Waals surface area contributed by atoms with Crippen molar-refractivity contribution < 1.29 is 13.2 Å². The summed E-state index contributed by atoms with van der Waals surface area (Å²) in [5, 5.41) is 6.61. The molecule has 1 amide bonds. The van der Waals surface area contributed by atoms with Gasteiger partial charge in [-0.05, 0) is 55.0 Å². The van der Waals surface area contributed by atoms with Gasteiger partial charge in [-0.1, -0.05) is 66.7 Å². The molecule has 3 atom stereocenters. The van der Waals surface area contributed by atoms with E-state index in [9.17, 15) is 13.2 Å². The number of hydrogen-bond acceptors (Lipinski definition) is 4. The first-order chi connectivity index (χ1) is 17.0. The first kappa shape index (κ1) is 23.6. The second-order valence-corrected chi connectivity index (χ2v) is 11.3. The maximum atomic E-state index is 13.6. The molecule has 0 saturated carbocycles. The topological polar surface area (TPSA) is 78.5 Å². The summed E-state index contributed by atoms with van der Waals surface area (Å²) in [6, 6.07) is 26.3. The molecule has 182 valence electrons.